The molecule has 0 radical (unpaired) electrons. The Balaban J connectivity index is 2.26. The first-order valence-corrected chi connectivity index (χ1v) is 6.41. The van der Waals surface area contributed by atoms with Crippen molar-refractivity contribution >= 4 is 29.2 Å². The van der Waals surface area contributed by atoms with Crippen LogP contribution in [0.5, 0.6) is 0 Å². The van der Waals surface area contributed by atoms with E-state index in [0.717, 1.165) is 25.0 Å². The first-order valence-electron chi connectivity index (χ1n) is 5.05. The first kappa shape index (κ1) is 11.9. The highest BCUT2D eigenvalue weighted by Gasteiger charge is 2.29. The molecule has 0 N–H and O–H groups in total. The fourth-order valence-electron chi connectivity index (χ4n) is 1.76. The van der Waals surface area contributed by atoms with Crippen molar-refractivity contribution < 1.29 is 4.39 Å². The summed E-state index contributed by atoms with van der Waals surface area (Å²) >= 11 is 7.57. The molecule has 0 aliphatic carbocycles. The highest BCUT2D eigenvalue weighted by atomic mass is 35.5. The summed E-state index contributed by atoms with van der Waals surface area (Å²) in [5.74, 6) is 0.870. The van der Waals surface area contributed by atoms with E-state index in [9.17, 15) is 4.39 Å². The van der Waals surface area contributed by atoms with Crippen molar-refractivity contribution in [3.8, 4) is 0 Å². The van der Waals surface area contributed by atoms with Crippen LogP contribution in [0.15, 0.2) is 6.20 Å². The third kappa shape index (κ3) is 2.58. The monoisotopic (exact) mass is 261 g/mol. The van der Waals surface area contributed by atoms with E-state index in [1.165, 1.54) is 0 Å². The minimum atomic E-state index is -0.410. The molecule has 1 aliphatic heterocycles. The van der Waals surface area contributed by atoms with E-state index in [1.807, 2.05) is 16.7 Å². The Morgan fingerprint density at radius 2 is 2.31 bits per heavy atom. The molecule has 0 aromatic carbocycles. The highest BCUT2D eigenvalue weighted by Crippen LogP contribution is 2.32. The molecule has 2 rings (SSSR count). The van der Waals surface area contributed by atoms with E-state index in [-0.39, 0.29) is 10.0 Å². The molecule has 2 heterocycles. The van der Waals surface area contributed by atoms with Gasteiger partial charge in [-0.3, -0.25) is 0 Å². The smallest absolute Gasteiger partial charge is 0.224 e. The van der Waals surface area contributed by atoms with Crippen molar-refractivity contribution in [3.05, 3.63) is 17.3 Å². The number of thioether (sulfide) groups is 1. The standard InChI is InChI=1S/C10H13ClFN3S/c1-10(2)6-15(3-4-16-10)8-7(12)5-13-9(11)14-8/h5H,3-4,6H2,1-2H3. The van der Waals surface area contributed by atoms with Crippen LogP contribution in [0, 0.1) is 5.82 Å². The fourth-order valence-corrected chi connectivity index (χ4v) is 3.00. The van der Waals surface area contributed by atoms with Crippen molar-refractivity contribution in [1.29, 1.82) is 0 Å². The van der Waals surface area contributed by atoms with Crippen molar-refractivity contribution in [2.75, 3.05) is 23.7 Å². The summed E-state index contributed by atoms with van der Waals surface area (Å²) in [5, 5.41) is 0.0902. The minimum Gasteiger partial charge on any atom is -0.352 e. The lowest BCUT2D eigenvalue weighted by Crippen LogP contribution is -2.44. The molecule has 0 spiro atoms. The van der Waals surface area contributed by atoms with Crippen LogP contribution >= 0.6 is 23.4 Å². The van der Waals surface area contributed by atoms with Crippen LogP contribution < -0.4 is 4.90 Å². The Labute approximate surface area is 103 Å². The van der Waals surface area contributed by atoms with Gasteiger partial charge in [-0.25, -0.2) is 9.37 Å². The van der Waals surface area contributed by atoms with Gasteiger partial charge in [-0.2, -0.15) is 16.7 Å². The number of anilines is 1. The Hall–Kier alpha value is -0.550. The molecule has 6 heteroatoms. The summed E-state index contributed by atoms with van der Waals surface area (Å²) in [6.45, 7) is 5.84. The van der Waals surface area contributed by atoms with Gasteiger partial charge >= 0.3 is 0 Å². The number of aromatic nitrogens is 2. The lowest BCUT2D eigenvalue weighted by Gasteiger charge is -2.38. The predicted octanol–water partition coefficient (Wildman–Crippen LogP) is 2.60. The second-order valence-electron chi connectivity index (χ2n) is 4.34. The van der Waals surface area contributed by atoms with Crippen molar-refractivity contribution in [2.45, 2.75) is 18.6 Å². The molecule has 0 saturated carbocycles. The van der Waals surface area contributed by atoms with Gasteiger partial charge in [0.2, 0.25) is 5.28 Å². The average molecular weight is 262 g/mol. The highest BCUT2D eigenvalue weighted by molar-refractivity contribution is 8.00. The van der Waals surface area contributed by atoms with E-state index < -0.39 is 5.82 Å². The molecule has 16 heavy (non-hydrogen) atoms. The molecule has 0 amide bonds. The fraction of sp³-hybridized carbons (Fsp3) is 0.600. The largest absolute Gasteiger partial charge is 0.352 e. The zero-order valence-electron chi connectivity index (χ0n) is 9.20. The molecule has 1 saturated heterocycles. The topological polar surface area (TPSA) is 29.0 Å². The predicted molar refractivity (Wildman–Crippen MR) is 65.8 cm³/mol. The molecule has 1 fully saturated rings. The van der Waals surface area contributed by atoms with Gasteiger partial charge in [-0.05, 0) is 25.4 Å². The number of hydrogen-bond donors (Lipinski definition) is 0. The van der Waals surface area contributed by atoms with E-state index in [0.29, 0.717) is 5.82 Å². The molecule has 0 bridgehead atoms. The maximum absolute atomic E-state index is 13.6. The van der Waals surface area contributed by atoms with Gasteiger partial charge in [0.25, 0.3) is 0 Å². The van der Waals surface area contributed by atoms with Crippen LogP contribution in [0.1, 0.15) is 13.8 Å². The van der Waals surface area contributed by atoms with E-state index in [4.69, 9.17) is 11.6 Å². The second kappa shape index (κ2) is 4.37. The summed E-state index contributed by atoms with van der Waals surface area (Å²) in [5.41, 5.74) is 0. The maximum Gasteiger partial charge on any atom is 0.224 e. The SMILES string of the molecule is CC1(C)CN(c2nc(Cl)ncc2F)CCS1. The summed E-state index contributed by atoms with van der Waals surface area (Å²) in [4.78, 5) is 9.51. The first-order chi connectivity index (χ1) is 7.48. The zero-order valence-corrected chi connectivity index (χ0v) is 10.8. The third-order valence-electron chi connectivity index (χ3n) is 2.42. The van der Waals surface area contributed by atoms with Crippen molar-refractivity contribution in [2.24, 2.45) is 0 Å². The molecule has 0 atom stereocenters. The van der Waals surface area contributed by atoms with Crippen LogP contribution in [-0.2, 0) is 0 Å². The molecule has 1 aromatic rings. The molecule has 1 aliphatic rings. The van der Waals surface area contributed by atoms with E-state index in [2.05, 4.69) is 23.8 Å². The molecular formula is C10H13ClFN3S. The molecule has 1 aromatic heterocycles. The van der Waals surface area contributed by atoms with Crippen LogP contribution in [0.3, 0.4) is 0 Å². The lowest BCUT2D eigenvalue weighted by molar-refractivity contribution is 0.583. The van der Waals surface area contributed by atoms with Gasteiger partial charge in [0, 0.05) is 23.6 Å². The number of nitrogens with zero attached hydrogens (tertiary/aromatic N) is 3. The molecule has 3 nitrogen and oxygen atoms in total. The third-order valence-corrected chi connectivity index (χ3v) is 3.90. The van der Waals surface area contributed by atoms with Crippen molar-refractivity contribution in [1.82, 2.24) is 9.97 Å². The minimum absolute atomic E-state index is 0.0902. The average Bonchev–Trinajstić information content (AvgIpc) is 2.20. The van der Waals surface area contributed by atoms with Crippen LogP contribution in [0.25, 0.3) is 0 Å². The van der Waals surface area contributed by atoms with Gasteiger partial charge in [-0.15, -0.1) is 0 Å². The number of hydrogen-bond acceptors (Lipinski definition) is 4. The Morgan fingerprint density at radius 1 is 1.56 bits per heavy atom. The van der Waals surface area contributed by atoms with E-state index in [1.54, 1.807) is 0 Å². The Morgan fingerprint density at radius 3 is 3.00 bits per heavy atom. The zero-order chi connectivity index (χ0) is 11.8. The quantitative estimate of drug-likeness (QED) is 0.727. The van der Waals surface area contributed by atoms with Gasteiger partial charge < -0.3 is 4.90 Å². The summed E-state index contributed by atoms with van der Waals surface area (Å²) in [6.07, 6.45) is 1.12. The number of rotatable bonds is 1. The normalized spacial score (nSPS) is 19.9. The maximum atomic E-state index is 13.6. The van der Waals surface area contributed by atoms with Crippen molar-refractivity contribution in [3.63, 3.8) is 0 Å². The van der Waals surface area contributed by atoms with Gasteiger partial charge in [-0.1, -0.05) is 0 Å². The van der Waals surface area contributed by atoms with Gasteiger partial charge in [0.15, 0.2) is 11.6 Å². The molecule has 0 unspecified atom stereocenters. The second-order valence-corrected chi connectivity index (χ2v) is 6.48. The number of halogens is 2. The van der Waals surface area contributed by atoms with Gasteiger partial charge in [0.1, 0.15) is 0 Å². The Kier molecular flexibility index (Phi) is 3.26. The summed E-state index contributed by atoms with van der Waals surface area (Å²) in [6, 6.07) is 0. The van der Waals surface area contributed by atoms with Gasteiger partial charge in [0.05, 0.1) is 6.20 Å². The van der Waals surface area contributed by atoms with E-state index >= 15 is 0 Å². The van der Waals surface area contributed by atoms with Crippen LogP contribution in [-0.4, -0.2) is 33.6 Å². The molecule has 88 valence electrons. The van der Waals surface area contributed by atoms with Crippen LogP contribution in [0.4, 0.5) is 10.2 Å². The lowest BCUT2D eigenvalue weighted by atomic mass is 10.2. The summed E-state index contributed by atoms with van der Waals surface area (Å²) < 4.78 is 13.7. The molecular weight excluding hydrogens is 249 g/mol. The summed E-state index contributed by atoms with van der Waals surface area (Å²) in [7, 11) is 0. The van der Waals surface area contributed by atoms with Crippen LogP contribution in [0.2, 0.25) is 5.28 Å². The Bertz CT molecular complexity index is 400.